The van der Waals surface area contributed by atoms with E-state index in [1.807, 2.05) is 0 Å². The fourth-order valence-electron chi connectivity index (χ4n) is 2.03. The Hall–Kier alpha value is -0.610. The number of carbonyl (C=O) groups is 1. The molecule has 108 valence electrons. The number of methoxy groups -OCH3 is 1. The Labute approximate surface area is 111 Å². The fourth-order valence-corrected chi connectivity index (χ4v) is 2.03. The molecular formula is C14H30NO3+. The van der Waals surface area contributed by atoms with Crippen molar-refractivity contribution in [1.29, 1.82) is 0 Å². The normalized spacial score (nSPS) is 12.7. The molecule has 0 bridgehead atoms. The van der Waals surface area contributed by atoms with E-state index in [0.29, 0.717) is 6.42 Å². The maximum absolute atomic E-state index is 10.9. The van der Waals surface area contributed by atoms with Gasteiger partial charge >= 0.3 is 5.97 Å². The van der Waals surface area contributed by atoms with E-state index in [4.69, 9.17) is 0 Å². The first-order chi connectivity index (χ1) is 8.56. The average Bonchev–Trinajstić information content (AvgIpc) is 2.31. The molecule has 0 saturated carbocycles. The predicted molar refractivity (Wildman–Crippen MR) is 72.6 cm³/mol. The van der Waals surface area contributed by atoms with Gasteiger partial charge in [-0.05, 0) is 12.8 Å². The predicted octanol–water partition coefficient (Wildman–Crippen LogP) is 0.786. The fraction of sp³-hybridized carbons (Fsp3) is 0.929. The molecule has 0 aromatic rings. The number of unbranched alkanes of at least 4 members (excludes halogenated alkanes) is 5. The number of aliphatic hydroxyl groups excluding tert-OH is 1. The smallest absolute Gasteiger partial charge is 0.305 e. The molecule has 0 aliphatic carbocycles. The van der Waals surface area contributed by atoms with Gasteiger partial charge in [-0.3, -0.25) is 4.79 Å². The topological polar surface area (TPSA) is 51.0 Å². The molecule has 0 aliphatic heterocycles. The van der Waals surface area contributed by atoms with Crippen molar-refractivity contribution in [3.63, 3.8) is 0 Å². The third-order valence-electron chi connectivity index (χ3n) is 3.04. The first-order valence-electron chi connectivity index (χ1n) is 7.10. The highest BCUT2D eigenvalue weighted by atomic mass is 16.5. The lowest BCUT2D eigenvalue weighted by atomic mass is 10.1. The number of hydrogen-bond donors (Lipinski definition) is 2. The molecule has 2 N–H and O–H groups in total. The molecule has 0 saturated heterocycles. The van der Waals surface area contributed by atoms with Crippen LogP contribution < -0.4 is 4.90 Å². The third kappa shape index (κ3) is 11.9. The van der Waals surface area contributed by atoms with Gasteiger partial charge in [-0.15, -0.1) is 0 Å². The van der Waals surface area contributed by atoms with Gasteiger partial charge in [0, 0.05) is 6.42 Å². The van der Waals surface area contributed by atoms with Crippen LogP contribution >= 0.6 is 0 Å². The molecule has 0 heterocycles. The molecule has 0 unspecified atom stereocenters. The average molecular weight is 260 g/mol. The first-order valence-corrected chi connectivity index (χ1v) is 7.10. The Kier molecular flexibility index (Phi) is 11.1. The highest BCUT2D eigenvalue weighted by molar-refractivity contribution is 5.68. The molecule has 18 heavy (non-hydrogen) atoms. The summed E-state index contributed by atoms with van der Waals surface area (Å²) in [6.07, 6.45) is 7.97. The molecule has 0 amide bonds. The summed E-state index contributed by atoms with van der Waals surface area (Å²) in [5, 5.41) is 9.68. The zero-order valence-corrected chi connectivity index (χ0v) is 12.2. The molecular weight excluding hydrogens is 230 g/mol. The van der Waals surface area contributed by atoms with Crippen molar-refractivity contribution in [2.24, 2.45) is 0 Å². The van der Waals surface area contributed by atoms with Crippen LogP contribution in [-0.2, 0) is 9.53 Å². The minimum Gasteiger partial charge on any atom is -0.469 e. The molecule has 4 heteroatoms. The lowest BCUT2D eigenvalue weighted by Crippen LogP contribution is -3.07. The zero-order valence-electron chi connectivity index (χ0n) is 12.2. The Balaban J connectivity index is 3.18. The lowest BCUT2D eigenvalue weighted by molar-refractivity contribution is -0.861. The summed E-state index contributed by atoms with van der Waals surface area (Å²) in [7, 11) is 5.55. The van der Waals surface area contributed by atoms with E-state index >= 15 is 0 Å². The number of likely N-dealkylation sites (N-methyl/N-ethyl adjacent to an activating group) is 1. The van der Waals surface area contributed by atoms with Crippen molar-refractivity contribution in [1.82, 2.24) is 0 Å². The van der Waals surface area contributed by atoms with E-state index in [1.165, 1.54) is 31.3 Å². The van der Waals surface area contributed by atoms with Crippen molar-refractivity contribution in [2.45, 2.75) is 57.5 Å². The maximum atomic E-state index is 10.9. The van der Waals surface area contributed by atoms with Crippen LogP contribution in [0.3, 0.4) is 0 Å². The monoisotopic (exact) mass is 260 g/mol. The Bertz CT molecular complexity index is 207. The Morgan fingerprint density at radius 2 is 1.67 bits per heavy atom. The van der Waals surface area contributed by atoms with Gasteiger partial charge in [-0.1, -0.05) is 32.1 Å². The quantitative estimate of drug-likeness (QED) is 0.426. The minimum atomic E-state index is -0.158. The lowest BCUT2D eigenvalue weighted by Gasteiger charge is -2.13. The van der Waals surface area contributed by atoms with Crippen molar-refractivity contribution in [3.05, 3.63) is 0 Å². The van der Waals surface area contributed by atoms with E-state index < -0.39 is 0 Å². The number of rotatable bonds is 11. The second-order valence-electron chi connectivity index (χ2n) is 5.30. The summed E-state index contributed by atoms with van der Waals surface area (Å²) in [5.74, 6) is -0.107. The van der Waals surface area contributed by atoms with Gasteiger partial charge in [0.2, 0.25) is 0 Å². The van der Waals surface area contributed by atoms with Gasteiger partial charge in [-0.2, -0.15) is 0 Å². The molecule has 1 atom stereocenters. The number of hydrogen-bond acceptors (Lipinski definition) is 3. The Morgan fingerprint density at radius 3 is 2.22 bits per heavy atom. The number of carbonyl (C=O) groups excluding carboxylic acids is 1. The molecule has 0 spiro atoms. The van der Waals surface area contributed by atoms with Crippen molar-refractivity contribution >= 4 is 5.97 Å². The summed E-state index contributed by atoms with van der Waals surface area (Å²) in [6.45, 7) is 0.832. The van der Waals surface area contributed by atoms with Crippen LogP contribution in [0.15, 0.2) is 0 Å². The summed E-state index contributed by atoms with van der Waals surface area (Å²) >= 11 is 0. The van der Waals surface area contributed by atoms with E-state index in [1.54, 1.807) is 0 Å². The van der Waals surface area contributed by atoms with Crippen LogP contribution in [0.5, 0.6) is 0 Å². The molecule has 0 fully saturated rings. The van der Waals surface area contributed by atoms with Crippen LogP contribution in [0.1, 0.15) is 51.4 Å². The van der Waals surface area contributed by atoms with Crippen LogP contribution in [0.2, 0.25) is 0 Å². The molecule has 0 aliphatic rings. The molecule has 0 aromatic heterocycles. The molecule has 0 radical (unpaired) electrons. The third-order valence-corrected chi connectivity index (χ3v) is 3.04. The number of ether oxygens (including phenoxy) is 1. The van der Waals surface area contributed by atoms with Gasteiger partial charge in [0.25, 0.3) is 0 Å². The van der Waals surface area contributed by atoms with Crippen LogP contribution in [-0.4, -0.2) is 44.9 Å². The highest BCUT2D eigenvalue weighted by Gasteiger charge is 2.07. The van der Waals surface area contributed by atoms with Crippen molar-refractivity contribution in [3.8, 4) is 0 Å². The van der Waals surface area contributed by atoms with Gasteiger partial charge in [-0.25, -0.2) is 0 Å². The minimum absolute atomic E-state index is 0.107. The van der Waals surface area contributed by atoms with Gasteiger partial charge in [0.15, 0.2) is 0 Å². The SMILES string of the molecule is COC(=O)CCCCCCCC[C@@H](O)C[NH+](C)C. The van der Waals surface area contributed by atoms with Gasteiger partial charge < -0.3 is 14.7 Å². The number of aliphatic hydroxyl groups is 1. The van der Waals surface area contributed by atoms with Crippen molar-refractivity contribution in [2.75, 3.05) is 27.7 Å². The number of esters is 1. The molecule has 4 nitrogen and oxygen atoms in total. The zero-order chi connectivity index (χ0) is 13.8. The summed E-state index contributed by atoms with van der Waals surface area (Å²) in [5.41, 5.74) is 0. The summed E-state index contributed by atoms with van der Waals surface area (Å²) in [6, 6.07) is 0. The van der Waals surface area contributed by atoms with Crippen molar-refractivity contribution < 1.29 is 19.5 Å². The first kappa shape index (κ1) is 17.4. The van der Waals surface area contributed by atoms with Crippen LogP contribution in [0.4, 0.5) is 0 Å². The van der Waals surface area contributed by atoms with Crippen LogP contribution in [0.25, 0.3) is 0 Å². The van der Waals surface area contributed by atoms with E-state index in [2.05, 4.69) is 18.8 Å². The standard InChI is InChI=1S/C14H29NO3/c1-15(2)12-13(16)10-8-6-4-5-7-9-11-14(17)18-3/h13,16H,4-12H2,1-3H3/p+1/t13-/m1/s1. The molecule has 0 aromatic carbocycles. The number of nitrogens with one attached hydrogen (secondary N) is 1. The van der Waals surface area contributed by atoms with Gasteiger partial charge in [0.05, 0.1) is 21.2 Å². The second kappa shape index (κ2) is 11.5. The largest absolute Gasteiger partial charge is 0.469 e. The summed E-state index contributed by atoms with van der Waals surface area (Å²) in [4.78, 5) is 12.2. The Morgan fingerprint density at radius 1 is 1.11 bits per heavy atom. The van der Waals surface area contributed by atoms with E-state index in [0.717, 1.165) is 32.2 Å². The number of quaternary nitrogens is 1. The van der Waals surface area contributed by atoms with Gasteiger partial charge in [0.1, 0.15) is 12.6 Å². The maximum Gasteiger partial charge on any atom is 0.305 e. The van der Waals surface area contributed by atoms with E-state index in [-0.39, 0.29) is 12.1 Å². The second-order valence-corrected chi connectivity index (χ2v) is 5.30. The summed E-state index contributed by atoms with van der Waals surface area (Å²) < 4.78 is 4.58. The highest BCUT2D eigenvalue weighted by Crippen LogP contribution is 2.09. The molecule has 0 rings (SSSR count). The van der Waals surface area contributed by atoms with E-state index in [9.17, 15) is 9.90 Å². The van der Waals surface area contributed by atoms with Crippen LogP contribution in [0, 0.1) is 0 Å².